The summed E-state index contributed by atoms with van der Waals surface area (Å²) in [5.41, 5.74) is 2.09. The number of anilines is 2. The first-order valence-electron chi connectivity index (χ1n) is 9.68. The molecule has 29 heavy (non-hydrogen) atoms. The Kier molecular flexibility index (Phi) is 4.10. The van der Waals surface area contributed by atoms with E-state index in [0.717, 1.165) is 12.0 Å². The van der Waals surface area contributed by atoms with Crippen molar-refractivity contribution < 1.29 is 14.4 Å². The average Bonchev–Trinajstić information content (AvgIpc) is 3.38. The number of halogens is 1. The van der Waals surface area contributed by atoms with E-state index in [-0.39, 0.29) is 47.0 Å². The molecule has 0 spiro atoms. The quantitative estimate of drug-likeness (QED) is 0.613. The Labute approximate surface area is 173 Å². The van der Waals surface area contributed by atoms with E-state index in [1.807, 2.05) is 13.0 Å². The fraction of sp³-hybridized carbons (Fsp3) is 0.261. The Bertz CT molecular complexity index is 1060. The maximum atomic E-state index is 13.1. The number of hydrogen-bond donors (Lipinski definition) is 1. The van der Waals surface area contributed by atoms with Gasteiger partial charge in [-0.05, 0) is 55.0 Å². The number of rotatable bonds is 3. The summed E-state index contributed by atoms with van der Waals surface area (Å²) in [6.45, 7) is 1.87. The zero-order valence-electron chi connectivity index (χ0n) is 15.8. The van der Waals surface area contributed by atoms with E-state index in [0.29, 0.717) is 16.4 Å². The number of aryl methyl sites for hydroxylation is 1. The Hall–Kier alpha value is -2.92. The molecule has 1 heterocycles. The van der Waals surface area contributed by atoms with Gasteiger partial charge in [0.15, 0.2) is 0 Å². The molecule has 0 aromatic heterocycles. The van der Waals surface area contributed by atoms with Gasteiger partial charge in [-0.2, -0.15) is 0 Å². The van der Waals surface area contributed by atoms with Crippen LogP contribution in [0.15, 0.2) is 54.6 Å². The molecule has 4 atom stereocenters. The van der Waals surface area contributed by atoms with Gasteiger partial charge in [-0.3, -0.25) is 14.4 Å². The summed E-state index contributed by atoms with van der Waals surface area (Å²) in [5, 5.41) is 3.37. The van der Waals surface area contributed by atoms with Crippen molar-refractivity contribution in [1.82, 2.24) is 0 Å². The van der Waals surface area contributed by atoms with Crippen LogP contribution in [-0.2, 0) is 9.59 Å². The van der Waals surface area contributed by atoms with Crippen LogP contribution in [0.4, 0.5) is 11.4 Å². The van der Waals surface area contributed by atoms with E-state index in [4.69, 9.17) is 11.6 Å². The van der Waals surface area contributed by atoms with E-state index in [1.165, 1.54) is 4.90 Å². The van der Waals surface area contributed by atoms with Crippen LogP contribution in [0.25, 0.3) is 0 Å². The maximum Gasteiger partial charge on any atom is 0.257 e. The number of imide groups is 1. The molecule has 3 amide bonds. The highest BCUT2D eigenvalue weighted by atomic mass is 35.5. The Balaban J connectivity index is 1.49. The second kappa shape index (κ2) is 6.56. The van der Waals surface area contributed by atoms with Gasteiger partial charge in [0, 0.05) is 10.7 Å². The second-order valence-electron chi connectivity index (χ2n) is 7.94. The number of nitrogens with one attached hydrogen (secondary N) is 1. The van der Waals surface area contributed by atoms with E-state index < -0.39 is 0 Å². The van der Waals surface area contributed by atoms with Crippen molar-refractivity contribution in [3.8, 4) is 0 Å². The summed E-state index contributed by atoms with van der Waals surface area (Å²) in [5.74, 6) is -1.13. The molecule has 1 saturated carbocycles. The van der Waals surface area contributed by atoms with Crippen LogP contribution in [0, 0.1) is 30.6 Å². The summed E-state index contributed by atoms with van der Waals surface area (Å²) >= 11 is 6.05. The third-order valence-electron chi connectivity index (χ3n) is 6.31. The summed E-state index contributed by atoms with van der Waals surface area (Å²) in [6, 6.07) is 12.0. The molecule has 0 radical (unpaired) electrons. The molecule has 2 fully saturated rings. The van der Waals surface area contributed by atoms with Crippen molar-refractivity contribution in [1.29, 1.82) is 0 Å². The maximum absolute atomic E-state index is 13.1. The Morgan fingerprint density at radius 3 is 2.38 bits per heavy atom. The van der Waals surface area contributed by atoms with Gasteiger partial charge < -0.3 is 5.32 Å². The van der Waals surface area contributed by atoms with Crippen LogP contribution in [-0.4, -0.2) is 17.7 Å². The largest absolute Gasteiger partial charge is 0.322 e. The number of allylic oxidation sites excluding steroid dienone is 2. The van der Waals surface area contributed by atoms with Crippen LogP contribution in [0.3, 0.4) is 0 Å². The highest BCUT2D eigenvalue weighted by Crippen LogP contribution is 2.53. The molecular formula is C23H19ClN2O3. The SMILES string of the molecule is Cc1ccc(Cl)cc1NC(=O)c1ccccc1N1C(=O)[C@@H]2[C@H](C1=O)[C@H]1C=C[C@H]2C1. The topological polar surface area (TPSA) is 66.5 Å². The summed E-state index contributed by atoms with van der Waals surface area (Å²) in [4.78, 5) is 40.5. The van der Waals surface area contributed by atoms with Gasteiger partial charge in [-0.1, -0.05) is 42.0 Å². The van der Waals surface area contributed by atoms with Crippen LogP contribution < -0.4 is 10.2 Å². The zero-order valence-corrected chi connectivity index (χ0v) is 16.5. The molecular weight excluding hydrogens is 388 g/mol. The molecule has 1 saturated heterocycles. The van der Waals surface area contributed by atoms with Crippen LogP contribution in [0.1, 0.15) is 22.3 Å². The fourth-order valence-corrected chi connectivity index (χ4v) is 5.09. The Morgan fingerprint density at radius 1 is 1.03 bits per heavy atom. The van der Waals surface area contributed by atoms with E-state index >= 15 is 0 Å². The third-order valence-corrected chi connectivity index (χ3v) is 6.54. The molecule has 5 nitrogen and oxygen atoms in total. The summed E-state index contributed by atoms with van der Waals surface area (Å²) in [7, 11) is 0. The van der Waals surface area contributed by atoms with Crippen molar-refractivity contribution >= 4 is 40.7 Å². The number of hydrogen-bond acceptors (Lipinski definition) is 3. The molecule has 146 valence electrons. The van der Waals surface area contributed by atoms with Gasteiger partial charge in [0.2, 0.25) is 11.8 Å². The lowest BCUT2D eigenvalue weighted by Gasteiger charge is -2.20. The predicted molar refractivity (Wildman–Crippen MR) is 111 cm³/mol. The number of carbonyl (C=O) groups is 3. The van der Waals surface area contributed by atoms with Gasteiger partial charge in [0.05, 0.1) is 23.1 Å². The van der Waals surface area contributed by atoms with Gasteiger partial charge in [-0.15, -0.1) is 0 Å². The smallest absolute Gasteiger partial charge is 0.257 e. The number of benzene rings is 2. The highest BCUT2D eigenvalue weighted by Gasteiger charge is 2.59. The summed E-state index contributed by atoms with van der Waals surface area (Å²) in [6.07, 6.45) is 4.99. The lowest BCUT2D eigenvalue weighted by atomic mass is 9.85. The molecule has 1 N–H and O–H groups in total. The number of carbonyl (C=O) groups excluding carboxylic acids is 3. The van der Waals surface area contributed by atoms with Crippen molar-refractivity contribution in [2.24, 2.45) is 23.7 Å². The van der Waals surface area contributed by atoms with Gasteiger partial charge in [0.1, 0.15) is 0 Å². The molecule has 3 aliphatic rings. The number of para-hydroxylation sites is 1. The average molecular weight is 407 g/mol. The lowest BCUT2D eigenvalue weighted by molar-refractivity contribution is -0.123. The van der Waals surface area contributed by atoms with Crippen molar-refractivity contribution in [3.63, 3.8) is 0 Å². The molecule has 2 aromatic rings. The van der Waals surface area contributed by atoms with Crippen LogP contribution in [0.5, 0.6) is 0 Å². The first kappa shape index (κ1) is 18.1. The monoisotopic (exact) mass is 406 g/mol. The number of nitrogens with zero attached hydrogens (tertiary/aromatic N) is 1. The molecule has 2 bridgehead atoms. The normalized spacial score (nSPS) is 26.9. The Morgan fingerprint density at radius 2 is 1.69 bits per heavy atom. The molecule has 6 heteroatoms. The predicted octanol–water partition coefficient (Wildman–Crippen LogP) is 4.21. The van der Waals surface area contributed by atoms with E-state index in [1.54, 1.807) is 36.4 Å². The molecule has 5 rings (SSSR count). The van der Waals surface area contributed by atoms with Crippen molar-refractivity contribution in [2.45, 2.75) is 13.3 Å². The lowest BCUT2D eigenvalue weighted by Crippen LogP contribution is -2.34. The van der Waals surface area contributed by atoms with Crippen molar-refractivity contribution in [3.05, 3.63) is 70.8 Å². The third kappa shape index (κ3) is 2.72. The first-order chi connectivity index (χ1) is 14.0. The second-order valence-corrected chi connectivity index (χ2v) is 8.38. The first-order valence-corrected chi connectivity index (χ1v) is 10.1. The van der Waals surface area contributed by atoms with Crippen LogP contribution >= 0.6 is 11.6 Å². The molecule has 2 aliphatic carbocycles. The minimum Gasteiger partial charge on any atom is -0.322 e. The van der Waals surface area contributed by atoms with Crippen LogP contribution in [0.2, 0.25) is 5.02 Å². The highest BCUT2D eigenvalue weighted by molar-refractivity contribution is 6.31. The van der Waals surface area contributed by atoms with Gasteiger partial charge >= 0.3 is 0 Å². The fourth-order valence-electron chi connectivity index (χ4n) is 4.92. The zero-order chi connectivity index (χ0) is 20.3. The molecule has 0 unspecified atom stereocenters. The summed E-state index contributed by atoms with van der Waals surface area (Å²) < 4.78 is 0. The molecule has 1 aliphatic heterocycles. The molecule has 2 aromatic carbocycles. The van der Waals surface area contributed by atoms with E-state index in [2.05, 4.69) is 17.5 Å². The van der Waals surface area contributed by atoms with Crippen molar-refractivity contribution in [2.75, 3.05) is 10.2 Å². The van der Waals surface area contributed by atoms with Gasteiger partial charge in [0.25, 0.3) is 5.91 Å². The minimum absolute atomic E-state index is 0.126. The van der Waals surface area contributed by atoms with E-state index in [9.17, 15) is 14.4 Å². The number of amides is 3. The minimum atomic E-state index is -0.385. The van der Waals surface area contributed by atoms with Gasteiger partial charge in [-0.25, -0.2) is 4.90 Å². The number of fused-ring (bicyclic) bond motifs is 5. The standard InChI is InChI=1S/C23H19ClN2O3/c1-12-6-9-15(24)11-17(12)25-21(27)16-4-2-3-5-18(16)26-22(28)19-13-7-8-14(10-13)20(19)23(26)29/h2-9,11,13-14,19-20H,10H2,1H3,(H,25,27)/t13-,14-,19-,20+/m0/s1.